The van der Waals surface area contributed by atoms with E-state index in [1.165, 1.54) is 11.6 Å². The van der Waals surface area contributed by atoms with Crippen molar-refractivity contribution >= 4 is 17.4 Å². The van der Waals surface area contributed by atoms with E-state index in [1.54, 1.807) is 23.9 Å². The van der Waals surface area contributed by atoms with Crippen LogP contribution in [-0.2, 0) is 18.1 Å². The molecule has 20 heavy (non-hydrogen) atoms. The Morgan fingerprint density at radius 3 is 2.45 bits per heavy atom. The highest BCUT2D eigenvalue weighted by molar-refractivity contribution is 7.97. The van der Waals surface area contributed by atoms with Gasteiger partial charge in [0, 0.05) is 23.1 Å². The molecule has 4 nitrogen and oxygen atoms in total. The van der Waals surface area contributed by atoms with Gasteiger partial charge in [0.25, 0.3) is 5.69 Å². The molecule has 0 amide bonds. The number of rotatable bonds is 6. The van der Waals surface area contributed by atoms with Crippen LogP contribution in [0.4, 0.5) is 5.69 Å². The molecule has 0 spiro atoms. The molecule has 0 fully saturated rings. The summed E-state index contributed by atoms with van der Waals surface area (Å²) in [6.45, 7) is -0.178. The van der Waals surface area contributed by atoms with E-state index in [1.807, 2.05) is 30.3 Å². The van der Waals surface area contributed by atoms with Gasteiger partial charge in [-0.1, -0.05) is 42.5 Å². The molecule has 5 heteroatoms. The highest BCUT2D eigenvalue weighted by Gasteiger charge is 2.16. The average molecular weight is 289 g/mol. The van der Waals surface area contributed by atoms with Crippen LogP contribution in [0.25, 0.3) is 0 Å². The van der Waals surface area contributed by atoms with Crippen LogP contribution in [-0.4, -0.2) is 10.0 Å². The van der Waals surface area contributed by atoms with Crippen LogP contribution in [0, 0.1) is 10.1 Å². The molecule has 0 unspecified atom stereocenters. The first-order valence-electron chi connectivity index (χ1n) is 6.20. The van der Waals surface area contributed by atoms with Crippen molar-refractivity contribution in [3.63, 3.8) is 0 Å². The van der Waals surface area contributed by atoms with Crippen LogP contribution >= 0.6 is 11.8 Å². The highest BCUT2D eigenvalue weighted by atomic mass is 32.2. The number of aliphatic hydroxyl groups excluding tert-OH is 1. The lowest BCUT2D eigenvalue weighted by atomic mass is 10.1. The van der Waals surface area contributed by atoms with Crippen molar-refractivity contribution in [3.05, 3.63) is 75.3 Å². The summed E-state index contributed by atoms with van der Waals surface area (Å²) in [5, 5.41) is 20.3. The minimum atomic E-state index is -0.391. The van der Waals surface area contributed by atoms with Gasteiger partial charge in [0.15, 0.2) is 0 Å². The van der Waals surface area contributed by atoms with E-state index in [4.69, 9.17) is 0 Å². The molecule has 0 radical (unpaired) electrons. The van der Waals surface area contributed by atoms with E-state index in [2.05, 4.69) is 0 Å². The summed E-state index contributed by atoms with van der Waals surface area (Å²) in [5.74, 6) is 1.31. The van der Waals surface area contributed by atoms with Crippen LogP contribution in [0.1, 0.15) is 16.7 Å². The first kappa shape index (κ1) is 14.6. The summed E-state index contributed by atoms with van der Waals surface area (Å²) in [6, 6.07) is 14.8. The zero-order valence-electron chi connectivity index (χ0n) is 10.9. The van der Waals surface area contributed by atoms with Crippen LogP contribution in [0.2, 0.25) is 0 Å². The summed E-state index contributed by atoms with van der Waals surface area (Å²) in [6.07, 6.45) is 0. The number of nitro benzene ring substituents is 1. The Morgan fingerprint density at radius 2 is 1.80 bits per heavy atom. The molecule has 2 rings (SSSR count). The van der Waals surface area contributed by atoms with Crippen molar-refractivity contribution in [3.8, 4) is 0 Å². The Kier molecular flexibility index (Phi) is 5.15. The van der Waals surface area contributed by atoms with Gasteiger partial charge in [0.1, 0.15) is 0 Å². The average Bonchev–Trinajstić information content (AvgIpc) is 2.48. The predicted octanol–water partition coefficient (Wildman–Crippen LogP) is 3.52. The normalized spacial score (nSPS) is 10.4. The summed E-state index contributed by atoms with van der Waals surface area (Å²) >= 11 is 1.60. The zero-order chi connectivity index (χ0) is 14.4. The smallest absolute Gasteiger partial charge is 0.273 e. The summed E-state index contributed by atoms with van der Waals surface area (Å²) in [5.41, 5.74) is 2.50. The maximum absolute atomic E-state index is 11.0. The molecule has 104 valence electrons. The molecule has 2 aromatic carbocycles. The van der Waals surface area contributed by atoms with E-state index in [-0.39, 0.29) is 12.3 Å². The lowest BCUT2D eigenvalue weighted by molar-refractivity contribution is -0.385. The van der Waals surface area contributed by atoms with Crippen molar-refractivity contribution < 1.29 is 10.0 Å². The quantitative estimate of drug-likeness (QED) is 0.653. The molecule has 0 aliphatic carbocycles. The SMILES string of the molecule is O=[N+]([O-])c1cccc(CO)c1CSCc1ccccc1. The van der Waals surface area contributed by atoms with Gasteiger partial charge in [-0.25, -0.2) is 0 Å². The van der Waals surface area contributed by atoms with Crippen LogP contribution in [0.3, 0.4) is 0 Å². The van der Waals surface area contributed by atoms with Gasteiger partial charge in [-0.15, -0.1) is 0 Å². The number of nitro groups is 1. The van der Waals surface area contributed by atoms with Crippen LogP contribution < -0.4 is 0 Å². The molecular weight excluding hydrogens is 274 g/mol. The molecule has 0 saturated heterocycles. The fraction of sp³-hybridized carbons (Fsp3) is 0.200. The molecule has 0 saturated carbocycles. The van der Waals surface area contributed by atoms with Crippen LogP contribution in [0.15, 0.2) is 48.5 Å². The Balaban J connectivity index is 2.10. The van der Waals surface area contributed by atoms with Crippen molar-refractivity contribution in [2.24, 2.45) is 0 Å². The third kappa shape index (κ3) is 3.59. The Bertz CT molecular complexity index is 587. The maximum Gasteiger partial charge on any atom is 0.273 e. The molecule has 0 heterocycles. The standard InChI is InChI=1S/C15H15NO3S/c17-9-13-7-4-8-15(16(18)19)14(13)11-20-10-12-5-2-1-3-6-12/h1-8,17H,9-11H2. The highest BCUT2D eigenvalue weighted by Crippen LogP contribution is 2.28. The Hall–Kier alpha value is -1.85. The molecule has 0 atom stereocenters. The van der Waals surface area contributed by atoms with Gasteiger partial charge in [-0.3, -0.25) is 10.1 Å². The second-order valence-electron chi connectivity index (χ2n) is 4.31. The monoisotopic (exact) mass is 289 g/mol. The fourth-order valence-corrected chi connectivity index (χ4v) is 3.02. The third-order valence-corrected chi connectivity index (χ3v) is 4.00. The van der Waals surface area contributed by atoms with Crippen molar-refractivity contribution in [2.45, 2.75) is 18.1 Å². The molecule has 0 aliphatic heterocycles. The number of nitrogens with zero attached hydrogens (tertiary/aromatic N) is 1. The summed E-state index contributed by atoms with van der Waals surface area (Å²) in [4.78, 5) is 10.6. The zero-order valence-corrected chi connectivity index (χ0v) is 11.7. The number of hydrogen-bond acceptors (Lipinski definition) is 4. The maximum atomic E-state index is 11.0. The first-order valence-corrected chi connectivity index (χ1v) is 7.35. The second-order valence-corrected chi connectivity index (χ2v) is 5.29. The number of hydrogen-bond donors (Lipinski definition) is 1. The topological polar surface area (TPSA) is 63.4 Å². The Morgan fingerprint density at radius 1 is 1.05 bits per heavy atom. The largest absolute Gasteiger partial charge is 0.392 e. The second kappa shape index (κ2) is 7.07. The Labute approximate surface area is 121 Å². The molecule has 0 aliphatic rings. The van der Waals surface area contributed by atoms with Crippen LogP contribution in [0.5, 0.6) is 0 Å². The van der Waals surface area contributed by atoms with Crippen molar-refractivity contribution in [2.75, 3.05) is 0 Å². The predicted molar refractivity (Wildman–Crippen MR) is 80.5 cm³/mol. The van der Waals surface area contributed by atoms with Gasteiger partial charge in [0.05, 0.1) is 11.5 Å². The molecule has 2 aromatic rings. The van der Waals surface area contributed by atoms with Gasteiger partial charge >= 0.3 is 0 Å². The lowest BCUT2D eigenvalue weighted by Crippen LogP contribution is -1.99. The third-order valence-electron chi connectivity index (χ3n) is 2.97. The number of thioether (sulfide) groups is 1. The van der Waals surface area contributed by atoms with Gasteiger partial charge in [0.2, 0.25) is 0 Å². The molecule has 0 aromatic heterocycles. The van der Waals surface area contributed by atoms with E-state index >= 15 is 0 Å². The van der Waals surface area contributed by atoms with E-state index < -0.39 is 4.92 Å². The van der Waals surface area contributed by atoms with E-state index in [0.29, 0.717) is 16.9 Å². The minimum Gasteiger partial charge on any atom is -0.392 e. The fourth-order valence-electron chi connectivity index (χ4n) is 1.95. The molecule has 0 bridgehead atoms. The number of benzene rings is 2. The first-order chi connectivity index (χ1) is 9.72. The lowest BCUT2D eigenvalue weighted by Gasteiger charge is -2.08. The summed E-state index contributed by atoms with van der Waals surface area (Å²) in [7, 11) is 0. The van der Waals surface area contributed by atoms with Crippen molar-refractivity contribution in [1.82, 2.24) is 0 Å². The van der Waals surface area contributed by atoms with E-state index in [0.717, 1.165) is 5.75 Å². The van der Waals surface area contributed by atoms with Gasteiger partial charge in [-0.2, -0.15) is 11.8 Å². The number of aliphatic hydroxyl groups is 1. The van der Waals surface area contributed by atoms with Gasteiger partial charge in [-0.05, 0) is 11.1 Å². The molecule has 1 N–H and O–H groups in total. The molecular formula is C15H15NO3S. The van der Waals surface area contributed by atoms with Crippen molar-refractivity contribution in [1.29, 1.82) is 0 Å². The van der Waals surface area contributed by atoms with E-state index in [9.17, 15) is 15.2 Å². The summed E-state index contributed by atoms with van der Waals surface area (Å²) < 4.78 is 0. The minimum absolute atomic E-state index is 0.0807. The van der Waals surface area contributed by atoms with Gasteiger partial charge < -0.3 is 5.11 Å².